The third kappa shape index (κ3) is 4.30. The van der Waals surface area contributed by atoms with Gasteiger partial charge in [-0.15, -0.1) is 0 Å². The van der Waals surface area contributed by atoms with Gasteiger partial charge in [-0.2, -0.15) is 9.61 Å². The fourth-order valence-electron chi connectivity index (χ4n) is 6.19. The van der Waals surface area contributed by atoms with Crippen molar-refractivity contribution in [2.45, 2.75) is 89.4 Å². The van der Waals surface area contributed by atoms with E-state index < -0.39 is 5.60 Å². The molecular formula is C29H37N5O3. The summed E-state index contributed by atoms with van der Waals surface area (Å²) in [5, 5.41) is 7.79. The topological polar surface area (TPSA) is 81.0 Å². The molecule has 8 nitrogen and oxygen atoms in total. The standard InChI is InChI=1S/C29H37N5O3/c1-18-14-23-25(29(18)11-12-29)32-24-10-13-30-34(24)26(23)33(17-19-6-8-22(36-5)9-7-19)21-15-20(16-21)31-27(35)37-28(2,3)4/h6-10,13,18,20-21H,11-12,14-17H2,1-5H3,(H,31,35). The molecule has 196 valence electrons. The molecule has 2 saturated carbocycles. The summed E-state index contributed by atoms with van der Waals surface area (Å²) in [6, 6.07) is 10.7. The maximum Gasteiger partial charge on any atom is 0.407 e. The maximum atomic E-state index is 12.4. The lowest BCUT2D eigenvalue weighted by Crippen LogP contribution is -2.55. The Hall–Kier alpha value is -3.29. The minimum Gasteiger partial charge on any atom is -0.497 e. The predicted octanol–water partition coefficient (Wildman–Crippen LogP) is 5.02. The number of benzene rings is 1. The van der Waals surface area contributed by atoms with E-state index in [0.717, 1.165) is 43.0 Å². The largest absolute Gasteiger partial charge is 0.497 e. The highest BCUT2D eigenvalue weighted by Gasteiger charge is 2.56. The Balaban J connectivity index is 1.34. The number of rotatable bonds is 6. The fourth-order valence-corrected chi connectivity index (χ4v) is 6.19. The van der Waals surface area contributed by atoms with Crippen molar-refractivity contribution in [1.82, 2.24) is 19.9 Å². The third-order valence-electron chi connectivity index (χ3n) is 8.38. The van der Waals surface area contributed by atoms with Gasteiger partial charge in [-0.1, -0.05) is 19.1 Å². The molecule has 1 unspecified atom stereocenters. The number of carbonyl (C=O) groups is 1. The van der Waals surface area contributed by atoms with Crippen LogP contribution in [-0.4, -0.2) is 45.5 Å². The number of hydrogen-bond acceptors (Lipinski definition) is 6. The first-order valence-corrected chi connectivity index (χ1v) is 13.4. The molecule has 2 heterocycles. The zero-order valence-electron chi connectivity index (χ0n) is 22.5. The number of ether oxygens (including phenoxy) is 2. The van der Waals surface area contributed by atoms with Crippen LogP contribution < -0.4 is 15.0 Å². The van der Waals surface area contributed by atoms with Crippen LogP contribution in [0.25, 0.3) is 5.65 Å². The van der Waals surface area contributed by atoms with Gasteiger partial charge in [-0.3, -0.25) is 0 Å². The van der Waals surface area contributed by atoms with E-state index in [4.69, 9.17) is 19.6 Å². The Kier molecular flexibility index (Phi) is 5.62. The molecule has 1 aromatic carbocycles. The molecule has 1 N–H and O–H groups in total. The Morgan fingerprint density at radius 3 is 2.57 bits per heavy atom. The van der Waals surface area contributed by atoms with E-state index >= 15 is 0 Å². The number of nitrogens with one attached hydrogen (secondary N) is 1. The van der Waals surface area contributed by atoms with Crippen molar-refractivity contribution in [2.75, 3.05) is 12.0 Å². The number of nitrogens with zero attached hydrogens (tertiary/aromatic N) is 4. The van der Waals surface area contributed by atoms with Crippen LogP contribution in [0, 0.1) is 5.92 Å². The molecule has 8 heteroatoms. The van der Waals surface area contributed by atoms with Crippen LogP contribution in [0.5, 0.6) is 5.75 Å². The monoisotopic (exact) mass is 503 g/mol. The molecule has 3 aliphatic rings. The Morgan fingerprint density at radius 1 is 1.19 bits per heavy atom. The van der Waals surface area contributed by atoms with Crippen molar-refractivity contribution in [3.05, 3.63) is 53.3 Å². The van der Waals surface area contributed by atoms with Crippen LogP contribution in [0.3, 0.4) is 0 Å². The van der Waals surface area contributed by atoms with Gasteiger partial charge in [0.2, 0.25) is 0 Å². The number of fused-ring (bicyclic) bond motifs is 3. The molecule has 0 bridgehead atoms. The highest BCUT2D eigenvalue weighted by atomic mass is 16.6. The van der Waals surface area contributed by atoms with Gasteiger partial charge < -0.3 is 19.7 Å². The first-order chi connectivity index (χ1) is 17.7. The zero-order chi connectivity index (χ0) is 25.9. The van der Waals surface area contributed by atoms with Crippen LogP contribution in [0.15, 0.2) is 36.5 Å². The first-order valence-electron chi connectivity index (χ1n) is 13.4. The number of methoxy groups -OCH3 is 1. The van der Waals surface area contributed by atoms with Crippen molar-refractivity contribution in [3.63, 3.8) is 0 Å². The lowest BCUT2D eigenvalue weighted by molar-refractivity contribution is 0.0470. The summed E-state index contributed by atoms with van der Waals surface area (Å²) in [6.45, 7) is 8.79. The van der Waals surface area contributed by atoms with Crippen molar-refractivity contribution < 1.29 is 14.3 Å². The summed E-state index contributed by atoms with van der Waals surface area (Å²) in [7, 11) is 1.69. The summed E-state index contributed by atoms with van der Waals surface area (Å²) in [5.41, 5.74) is 4.48. The lowest BCUT2D eigenvalue weighted by Gasteiger charge is -2.44. The average Bonchev–Trinajstić information content (AvgIpc) is 3.41. The van der Waals surface area contributed by atoms with E-state index in [1.165, 1.54) is 29.7 Å². The molecule has 37 heavy (non-hydrogen) atoms. The smallest absolute Gasteiger partial charge is 0.407 e. The zero-order valence-corrected chi connectivity index (χ0v) is 22.5. The van der Waals surface area contributed by atoms with E-state index in [2.05, 4.69) is 29.3 Å². The Morgan fingerprint density at radius 2 is 1.92 bits per heavy atom. The minimum atomic E-state index is -0.508. The highest BCUT2D eigenvalue weighted by molar-refractivity contribution is 5.68. The minimum absolute atomic E-state index is 0.0925. The van der Waals surface area contributed by atoms with Crippen molar-refractivity contribution in [3.8, 4) is 5.75 Å². The third-order valence-corrected chi connectivity index (χ3v) is 8.38. The van der Waals surface area contributed by atoms with Crippen molar-refractivity contribution >= 4 is 17.6 Å². The van der Waals surface area contributed by atoms with Crippen LogP contribution in [0.4, 0.5) is 10.6 Å². The molecule has 1 amide bonds. The molecule has 0 aliphatic heterocycles. The van der Waals surface area contributed by atoms with E-state index in [0.29, 0.717) is 5.92 Å². The molecular weight excluding hydrogens is 466 g/mol. The van der Waals surface area contributed by atoms with Gasteiger partial charge in [0, 0.05) is 35.7 Å². The average molecular weight is 504 g/mol. The van der Waals surface area contributed by atoms with Crippen LogP contribution in [0.2, 0.25) is 0 Å². The summed E-state index contributed by atoms with van der Waals surface area (Å²) < 4.78 is 12.9. The van der Waals surface area contributed by atoms with Crippen LogP contribution in [0.1, 0.15) is 70.2 Å². The molecule has 3 aliphatic carbocycles. The van der Waals surface area contributed by atoms with Crippen LogP contribution >= 0.6 is 0 Å². The quantitative estimate of drug-likeness (QED) is 0.509. The van der Waals surface area contributed by atoms with Crippen LogP contribution in [-0.2, 0) is 23.1 Å². The molecule has 6 rings (SSSR count). The molecule has 0 saturated heterocycles. The second kappa shape index (κ2) is 8.64. The predicted molar refractivity (Wildman–Crippen MR) is 142 cm³/mol. The van der Waals surface area contributed by atoms with Gasteiger partial charge >= 0.3 is 6.09 Å². The number of anilines is 1. The lowest BCUT2D eigenvalue weighted by atomic mass is 9.85. The van der Waals surface area contributed by atoms with E-state index in [-0.39, 0.29) is 23.6 Å². The number of aromatic nitrogens is 3. The second-order valence-electron chi connectivity index (χ2n) is 12.1. The number of amides is 1. The maximum absolute atomic E-state index is 12.4. The van der Waals surface area contributed by atoms with Gasteiger partial charge in [0.25, 0.3) is 0 Å². The van der Waals surface area contributed by atoms with Gasteiger partial charge in [-0.05, 0) is 76.5 Å². The number of carbonyl (C=O) groups excluding carboxylic acids is 1. The Bertz CT molecular complexity index is 1320. The number of alkyl carbamates (subject to hydrolysis) is 1. The molecule has 2 aromatic heterocycles. The normalized spacial score (nSPS) is 23.4. The van der Waals surface area contributed by atoms with Crippen molar-refractivity contribution in [2.24, 2.45) is 5.92 Å². The summed E-state index contributed by atoms with van der Waals surface area (Å²) in [4.78, 5) is 20.0. The fraction of sp³-hybridized carbons (Fsp3) is 0.552. The van der Waals surface area contributed by atoms with Gasteiger partial charge in [0.1, 0.15) is 17.2 Å². The Labute approximate surface area is 218 Å². The van der Waals surface area contributed by atoms with Crippen molar-refractivity contribution in [1.29, 1.82) is 0 Å². The molecule has 1 spiro atoms. The molecule has 2 fully saturated rings. The summed E-state index contributed by atoms with van der Waals surface area (Å²) in [6.07, 6.45) is 6.69. The first kappa shape index (κ1) is 24.1. The van der Waals surface area contributed by atoms with E-state index in [9.17, 15) is 4.79 Å². The highest BCUT2D eigenvalue weighted by Crippen LogP contribution is 2.60. The van der Waals surface area contributed by atoms with Gasteiger partial charge in [0.15, 0.2) is 5.65 Å². The molecule has 1 atom stereocenters. The molecule has 3 aromatic rings. The summed E-state index contributed by atoms with van der Waals surface area (Å²) in [5.74, 6) is 2.60. The summed E-state index contributed by atoms with van der Waals surface area (Å²) >= 11 is 0. The number of hydrogen-bond donors (Lipinski definition) is 1. The van der Waals surface area contributed by atoms with E-state index in [1.807, 2.05) is 49.7 Å². The van der Waals surface area contributed by atoms with E-state index in [1.54, 1.807) is 7.11 Å². The second-order valence-corrected chi connectivity index (χ2v) is 12.1. The van der Waals surface area contributed by atoms with Gasteiger partial charge in [-0.25, -0.2) is 9.78 Å². The SMILES string of the molecule is COc1ccc(CN(c2c3c(nc4ccnn24)C2(CC2)C(C)C3)C2CC(NC(=O)OC(C)(C)C)C2)cc1. The molecule has 0 radical (unpaired) electrons. The van der Waals surface area contributed by atoms with Gasteiger partial charge in [0.05, 0.1) is 19.0 Å².